The summed E-state index contributed by atoms with van der Waals surface area (Å²) in [5.41, 5.74) is 0. The maximum absolute atomic E-state index is 12.8. The number of aliphatic hydroxyl groups excluding tert-OH is 1. The number of amides is 1. The van der Waals surface area contributed by atoms with Crippen LogP contribution in [0.25, 0.3) is 0 Å². The summed E-state index contributed by atoms with van der Waals surface area (Å²) in [4.78, 5) is 15.9. The smallest absolute Gasteiger partial charge is 0.223 e. The lowest BCUT2D eigenvalue weighted by molar-refractivity contribution is -0.133. The molecule has 0 spiro atoms. The maximum atomic E-state index is 12.8. The van der Waals surface area contributed by atoms with E-state index in [1.807, 2.05) is 17.5 Å². The van der Waals surface area contributed by atoms with Gasteiger partial charge in [-0.25, -0.2) is 0 Å². The summed E-state index contributed by atoms with van der Waals surface area (Å²) in [6.07, 6.45) is 5.37. The zero-order valence-electron chi connectivity index (χ0n) is 15.0. The summed E-state index contributed by atoms with van der Waals surface area (Å²) in [6.45, 7) is 5.27. The van der Waals surface area contributed by atoms with E-state index in [1.54, 1.807) is 11.3 Å². The zero-order valence-corrected chi connectivity index (χ0v) is 16.7. The van der Waals surface area contributed by atoms with Crippen molar-refractivity contribution in [2.24, 2.45) is 11.8 Å². The van der Waals surface area contributed by atoms with Crippen LogP contribution < -0.4 is 5.32 Å². The van der Waals surface area contributed by atoms with Gasteiger partial charge in [0.25, 0.3) is 0 Å². The van der Waals surface area contributed by atoms with E-state index in [-0.39, 0.29) is 18.4 Å². The molecule has 0 saturated carbocycles. The van der Waals surface area contributed by atoms with E-state index in [4.69, 9.17) is 0 Å². The molecule has 2 aliphatic heterocycles. The van der Waals surface area contributed by atoms with E-state index in [1.165, 1.54) is 12.8 Å². The largest absolute Gasteiger partial charge is 0.387 e. The molecular weight excluding hydrogens is 356 g/mol. The zero-order chi connectivity index (χ0) is 16.9. The molecule has 3 unspecified atom stereocenters. The fourth-order valence-electron chi connectivity index (χ4n) is 4.24. The maximum Gasteiger partial charge on any atom is 0.223 e. The van der Waals surface area contributed by atoms with Crippen LogP contribution in [0.5, 0.6) is 0 Å². The lowest BCUT2D eigenvalue weighted by Crippen LogP contribution is -2.38. The van der Waals surface area contributed by atoms with Crippen LogP contribution in [0.1, 0.15) is 56.4 Å². The number of aliphatic hydroxyl groups is 1. The van der Waals surface area contributed by atoms with E-state index < -0.39 is 6.10 Å². The van der Waals surface area contributed by atoms with Gasteiger partial charge in [0.05, 0.1) is 6.10 Å². The van der Waals surface area contributed by atoms with Crippen molar-refractivity contribution < 1.29 is 9.90 Å². The van der Waals surface area contributed by atoms with E-state index in [2.05, 4.69) is 17.1 Å². The highest BCUT2D eigenvalue weighted by Crippen LogP contribution is 2.31. The Kier molecular flexibility index (Phi) is 8.20. The van der Waals surface area contributed by atoms with Gasteiger partial charge in [0.2, 0.25) is 5.91 Å². The number of rotatable bonds is 6. The molecule has 3 atom stereocenters. The lowest BCUT2D eigenvalue weighted by Gasteiger charge is -2.31. The standard InChI is InChI=1S/C19H30N2O2S.ClH/c1-14(15-6-8-20-9-7-15)12-19(23)21-10-2-4-16(21)13-17(22)18-5-3-11-24-18;/h3,5,11,14-17,20,22H,2,4,6-10,12-13H2,1H3;1H. The third-order valence-electron chi connectivity index (χ3n) is 5.75. The number of nitrogens with zero attached hydrogens (tertiary/aromatic N) is 1. The predicted molar refractivity (Wildman–Crippen MR) is 105 cm³/mol. The van der Waals surface area contributed by atoms with Crippen molar-refractivity contribution >= 4 is 29.7 Å². The molecule has 25 heavy (non-hydrogen) atoms. The molecule has 4 nitrogen and oxygen atoms in total. The molecule has 142 valence electrons. The van der Waals surface area contributed by atoms with Gasteiger partial charge in [0.15, 0.2) is 0 Å². The molecule has 2 saturated heterocycles. The minimum atomic E-state index is -0.440. The fraction of sp³-hybridized carbons (Fsp3) is 0.737. The third-order valence-corrected chi connectivity index (χ3v) is 6.72. The molecule has 2 aliphatic rings. The summed E-state index contributed by atoms with van der Waals surface area (Å²) in [5, 5.41) is 15.8. The number of piperidine rings is 1. The van der Waals surface area contributed by atoms with E-state index in [0.717, 1.165) is 37.4 Å². The van der Waals surface area contributed by atoms with Gasteiger partial charge in [-0.3, -0.25) is 4.79 Å². The molecule has 3 rings (SSSR count). The Balaban J connectivity index is 0.00000225. The Morgan fingerprint density at radius 1 is 1.40 bits per heavy atom. The molecule has 0 aromatic carbocycles. The normalized spacial score (nSPS) is 23.9. The molecular formula is C19H31ClN2O2S. The second-order valence-corrected chi connectivity index (χ2v) is 8.40. The number of carbonyl (C=O) groups excluding carboxylic acids is 1. The van der Waals surface area contributed by atoms with Crippen molar-refractivity contribution in [2.75, 3.05) is 19.6 Å². The molecule has 6 heteroatoms. The van der Waals surface area contributed by atoms with E-state index >= 15 is 0 Å². The molecule has 1 amide bonds. The minimum Gasteiger partial charge on any atom is -0.387 e. The Bertz CT molecular complexity index is 520. The summed E-state index contributed by atoms with van der Waals surface area (Å²) in [5.74, 6) is 1.43. The topological polar surface area (TPSA) is 52.6 Å². The van der Waals surface area contributed by atoms with Gasteiger partial charge in [-0.05, 0) is 68.5 Å². The van der Waals surface area contributed by atoms with Gasteiger partial charge in [0, 0.05) is 23.9 Å². The van der Waals surface area contributed by atoms with Crippen molar-refractivity contribution in [3.05, 3.63) is 22.4 Å². The van der Waals surface area contributed by atoms with Gasteiger partial charge < -0.3 is 15.3 Å². The number of hydrogen-bond donors (Lipinski definition) is 2. The number of carbonyl (C=O) groups is 1. The lowest BCUT2D eigenvalue weighted by atomic mass is 9.84. The van der Waals surface area contributed by atoms with Gasteiger partial charge >= 0.3 is 0 Å². The third kappa shape index (κ3) is 5.43. The second kappa shape index (κ2) is 9.91. The van der Waals surface area contributed by atoms with Gasteiger partial charge in [-0.2, -0.15) is 0 Å². The molecule has 0 aliphatic carbocycles. The average Bonchev–Trinajstić information content (AvgIpc) is 3.27. The highest BCUT2D eigenvalue weighted by Gasteiger charge is 2.32. The molecule has 1 aromatic heterocycles. The van der Waals surface area contributed by atoms with Crippen LogP contribution in [-0.2, 0) is 4.79 Å². The predicted octanol–water partition coefficient (Wildman–Crippen LogP) is 3.61. The van der Waals surface area contributed by atoms with Crippen LogP contribution >= 0.6 is 23.7 Å². The first-order valence-corrected chi connectivity index (χ1v) is 10.2. The van der Waals surface area contributed by atoms with Gasteiger partial charge in [-0.1, -0.05) is 13.0 Å². The van der Waals surface area contributed by atoms with Crippen LogP contribution in [0, 0.1) is 11.8 Å². The highest BCUT2D eigenvalue weighted by molar-refractivity contribution is 7.10. The fourth-order valence-corrected chi connectivity index (χ4v) is 4.96. The van der Waals surface area contributed by atoms with Crippen molar-refractivity contribution in [1.82, 2.24) is 10.2 Å². The van der Waals surface area contributed by atoms with Gasteiger partial charge in [-0.15, -0.1) is 23.7 Å². The van der Waals surface area contributed by atoms with Crippen LogP contribution in [0.2, 0.25) is 0 Å². The SMILES string of the molecule is CC(CC(=O)N1CCCC1CC(O)c1cccs1)C1CCNCC1.Cl. The molecule has 0 bridgehead atoms. The first-order chi connectivity index (χ1) is 11.6. The number of thiophene rings is 1. The monoisotopic (exact) mass is 386 g/mol. The van der Waals surface area contributed by atoms with E-state index in [0.29, 0.717) is 30.6 Å². The summed E-state index contributed by atoms with van der Waals surface area (Å²) in [7, 11) is 0. The average molecular weight is 387 g/mol. The number of halogens is 1. The van der Waals surface area contributed by atoms with Crippen molar-refractivity contribution in [1.29, 1.82) is 0 Å². The van der Waals surface area contributed by atoms with Crippen molar-refractivity contribution in [3.63, 3.8) is 0 Å². The first kappa shape index (κ1) is 20.7. The minimum absolute atomic E-state index is 0. The Hall–Kier alpha value is -0.620. The molecule has 1 aromatic rings. The Morgan fingerprint density at radius 2 is 2.16 bits per heavy atom. The van der Waals surface area contributed by atoms with Crippen LogP contribution in [0.4, 0.5) is 0 Å². The number of hydrogen-bond acceptors (Lipinski definition) is 4. The van der Waals surface area contributed by atoms with Crippen molar-refractivity contribution in [2.45, 2.75) is 57.6 Å². The number of likely N-dealkylation sites (tertiary alicyclic amines) is 1. The summed E-state index contributed by atoms with van der Waals surface area (Å²) < 4.78 is 0. The molecule has 0 radical (unpaired) electrons. The highest BCUT2D eigenvalue weighted by atomic mass is 35.5. The number of nitrogens with one attached hydrogen (secondary N) is 1. The van der Waals surface area contributed by atoms with Crippen LogP contribution in [0.15, 0.2) is 17.5 Å². The van der Waals surface area contributed by atoms with E-state index in [9.17, 15) is 9.90 Å². The quantitative estimate of drug-likeness (QED) is 0.785. The summed E-state index contributed by atoms with van der Waals surface area (Å²) >= 11 is 1.59. The summed E-state index contributed by atoms with van der Waals surface area (Å²) in [6, 6.07) is 4.16. The first-order valence-electron chi connectivity index (χ1n) is 9.37. The second-order valence-electron chi connectivity index (χ2n) is 7.42. The van der Waals surface area contributed by atoms with Gasteiger partial charge in [0.1, 0.15) is 0 Å². The molecule has 3 heterocycles. The van der Waals surface area contributed by atoms with Crippen molar-refractivity contribution in [3.8, 4) is 0 Å². The Morgan fingerprint density at radius 3 is 2.84 bits per heavy atom. The molecule has 2 fully saturated rings. The Labute approximate surface area is 161 Å². The van der Waals surface area contributed by atoms with Crippen LogP contribution in [0.3, 0.4) is 0 Å². The molecule has 2 N–H and O–H groups in total. The van der Waals surface area contributed by atoms with Crippen LogP contribution in [-0.4, -0.2) is 41.6 Å².